The molecule has 1 atom stereocenters. The minimum Gasteiger partial charge on any atom is -0.345 e. The van der Waals surface area contributed by atoms with Crippen molar-refractivity contribution >= 4 is 11.6 Å². The van der Waals surface area contributed by atoms with Gasteiger partial charge < -0.3 is 5.32 Å². The van der Waals surface area contributed by atoms with Crippen molar-refractivity contribution in [1.82, 2.24) is 5.32 Å². The van der Waals surface area contributed by atoms with Crippen molar-refractivity contribution in [1.29, 1.82) is 0 Å². The molecule has 2 rings (SSSR count). The van der Waals surface area contributed by atoms with Gasteiger partial charge in [-0.15, -0.1) is 6.58 Å². The van der Waals surface area contributed by atoms with Crippen LogP contribution in [0.3, 0.4) is 0 Å². The maximum Gasteiger partial charge on any atom is 0.269 e. The molecule has 1 N–H and O–H groups in total. The van der Waals surface area contributed by atoms with Crippen LogP contribution in [0.5, 0.6) is 0 Å². The second kappa shape index (κ2) is 7.17. The third-order valence-corrected chi connectivity index (χ3v) is 3.25. The second-order valence-corrected chi connectivity index (χ2v) is 4.77. The third kappa shape index (κ3) is 3.79. The van der Waals surface area contributed by atoms with Crippen molar-refractivity contribution in [2.75, 3.05) is 0 Å². The zero-order valence-electron chi connectivity index (χ0n) is 11.9. The van der Waals surface area contributed by atoms with E-state index < -0.39 is 4.92 Å². The van der Waals surface area contributed by atoms with Crippen molar-refractivity contribution in [3.05, 3.63) is 88.5 Å². The monoisotopic (exact) mass is 296 g/mol. The molecule has 0 aliphatic carbocycles. The van der Waals surface area contributed by atoms with Gasteiger partial charge in [0.2, 0.25) is 0 Å². The van der Waals surface area contributed by atoms with Crippen LogP contribution in [0.2, 0.25) is 0 Å². The van der Waals surface area contributed by atoms with Crippen LogP contribution in [-0.4, -0.2) is 10.8 Å². The van der Waals surface area contributed by atoms with E-state index in [0.29, 0.717) is 12.0 Å². The van der Waals surface area contributed by atoms with Crippen molar-refractivity contribution in [3.8, 4) is 0 Å². The Balaban J connectivity index is 2.14. The highest BCUT2D eigenvalue weighted by Crippen LogP contribution is 2.18. The smallest absolute Gasteiger partial charge is 0.269 e. The molecule has 2 aromatic carbocycles. The van der Waals surface area contributed by atoms with Gasteiger partial charge in [-0.25, -0.2) is 0 Å². The maximum atomic E-state index is 12.3. The second-order valence-electron chi connectivity index (χ2n) is 4.77. The number of carbonyl (C=O) groups is 1. The van der Waals surface area contributed by atoms with E-state index in [4.69, 9.17) is 0 Å². The first kappa shape index (κ1) is 15.4. The molecule has 22 heavy (non-hydrogen) atoms. The van der Waals surface area contributed by atoms with Gasteiger partial charge >= 0.3 is 0 Å². The van der Waals surface area contributed by atoms with E-state index in [0.717, 1.165) is 5.56 Å². The number of nitro benzene ring substituents is 1. The minimum absolute atomic E-state index is 0.0396. The number of non-ortho nitro benzene ring substituents is 1. The minimum atomic E-state index is -0.494. The summed E-state index contributed by atoms with van der Waals surface area (Å²) < 4.78 is 0. The van der Waals surface area contributed by atoms with Crippen molar-refractivity contribution in [2.24, 2.45) is 0 Å². The lowest BCUT2D eigenvalue weighted by Crippen LogP contribution is -2.28. The molecule has 0 saturated heterocycles. The Morgan fingerprint density at radius 1 is 1.18 bits per heavy atom. The molecule has 0 bridgehead atoms. The highest BCUT2D eigenvalue weighted by Gasteiger charge is 2.15. The molecular formula is C17H16N2O3. The molecule has 0 aromatic heterocycles. The van der Waals surface area contributed by atoms with E-state index >= 15 is 0 Å². The Bertz CT molecular complexity index is 666. The van der Waals surface area contributed by atoms with Crippen molar-refractivity contribution < 1.29 is 9.72 Å². The van der Waals surface area contributed by atoms with Gasteiger partial charge in [0.15, 0.2) is 0 Å². The van der Waals surface area contributed by atoms with E-state index in [9.17, 15) is 14.9 Å². The average Bonchev–Trinajstić information content (AvgIpc) is 2.55. The van der Waals surface area contributed by atoms with Crippen LogP contribution in [-0.2, 0) is 0 Å². The summed E-state index contributed by atoms with van der Waals surface area (Å²) in [5.74, 6) is -0.273. The predicted octanol–water partition coefficient (Wildman–Crippen LogP) is 3.64. The normalized spacial score (nSPS) is 11.5. The number of amides is 1. The number of hydrogen-bond donors (Lipinski definition) is 1. The fourth-order valence-electron chi connectivity index (χ4n) is 2.11. The lowest BCUT2D eigenvalue weighted by atomic mass is 10.0. The molecule has 0 saturated carbocycles. The average molecular weight is 296 g/mol. The number of carbonyl (C=O) groups excluding carboxylic acids is 1. The van der Waals surface area contributed by atoms with E-state index in [2.05, 4.69) is 11.9 Å². The molecule has 0 fully saturated rings. The van der Waals surface area contributed by atoms with E-state index in [1.807, 2.05) is 30.3 Å². The number of benzene rings is 2. The highest BCUT2D eigenvalue weighted by atomic mass is 16.6. The van der Waals surface area contributed by atoms with Crippen LogP contribution in [0, 0.1) is 10.1 Å². The first-order valence-corrected chi connectivity index (χ1v) is 6.83. The number of nitrogens with zero attached hydrogens (tertiary/aromatic N) is 1. The Morgan fingerprint density at radius 3 is 2.36 bits per heavy atom. The summed E-state index contributed by atoms with van der Waals surface area (Å²) in [6, 6.07) is 14.9. The van der Waals surface area contributed by atoms with E-state index in [1.54, 1.807) is 6.08 Å². The fraction of sp³-hybridized carbons (Fsp3) is 0.118. The number of nitrogens with one attached hydrogen (secondary N) is 1. The van der Waals surface area contributed by atoms with Gasteiger partial charge in [0.25, 0.3) is 11.6 Å². The molecular weight excluding hydrogens is 280 g/mol. The summed E-state index contributed by atoms with van der Waals surface area (Å²) in [6.07, 6.45) is 2.34. The Labute approximate surface area is 128 Å². The topological polar surface area (TPSA) is 72.2 Å². The van der Waals surface area contributed by atoms with Crippen LogP contribution >= 0.6 is 0 Å². The Hall–Kier alpha value is -2.95. The molecule has 2 aromatic rings. The van der Waals surface area contributed by atoms with E-state index in [1.165, 1.54) is 24.3 Å². The summed E-state index contributed by atoms with van der Waals surface area (Å²) in [5.41, 5.74) is 1.33. The summed E-state index contributed by atoms with van der Waals surface area (Å²) in [4.78, 5) is 22.4. The van der Waals surface area contributed by atoms with Crippen LogP contribution in [0.1, 0.15) is 28.4 Å². The van der Waals surface area contributed by atoms with Crippen LogP contribution < -0.4 is 5.32 Å². The molecule has 0 aliphatic rings. The zero-order valence-corrected chi connectivity index (χ0v) is 11.9. The SMILES string of the molecule is C=CC[C@@H](NC(=O)c1ccc([N+](=O)[O-])cc1)c1ccccc1. The zero-order chi connectivity index (χ0) is 15.9. The van der Waals surface area contributed by atoms with Gasteiger partial charge in [0.05, 0.1) is 11.0 Å². The number of rotatable bonds is 6. The first-order chi connectivity index (χ1) is 10.6. The Morgan fingerprint density at radius 2 is 1.82 bits per heavy atom. The van der Waals surface area contributed by atoms with Gasteiger partial charge in [-0.2, -0.15) is 0 Å². The molecule has 112 valence electrons. The summed E-state index contributed by atoms with van der Waals surface area (Å²) in [6.45, 7) is 3.71. The highest BCUT2D eigenvalue weighted by molar-refractivity contribution is 5.94. The first-order valence-electron chi connectivity index (χ1n) is 6.83. The predicted molar refractivity (Wildman–Crippen MR) is 84.6 cm³/mol. The van der Waals surface area contributed by atoms with Gasteiger partial charge in [-0.3, -0.25) is 14.9 Å². The molecule has 0 heterocycles. The summed E-state index contributed by atoms with van der Waals surface area (Å²) in [5, 5.41) is 13.5. The molecule has 0 radical (unpaired) electrons. The maximum absolute atomic E-state index is 12.3. The lowest BCUT2D eigenvalue weighted by molar-refractivity contribution is -0.384. The standard InChI is InChI=1S/C17H16N2O3/c1-2-6-16(13-7-4-3-5-8-13)18-17(20)14-9-11-15(12-10-14)19(21)22/h2-5,7-12,16H,1,6H2,(H,18,20)/t16-/m1/s1. The molecule has 0 aliphatic heterocycles. The Kier molecular flexibility index (Phi) is 5.03. The molecule has 0 unspecified atom stereocenters. The van der Waals surface area contributed by atoms with Crippen LogP contribution in [0.15, 0.2) is 67.3 Å². The van der Waals surface area contributed by atoms with Gasteiger partial charge in [-0.05, 0) is 24.1 Å². The fourth-order valence-corrected chi connectivity index (χ4v) is 2.11. The van der Waals surface area contributed by atoms with E-state index in [-0.39, 0.29) is 17.6 Å². The molecule has 0 spiro atoms. The van der Waals surface area contributed by atoms with Gasteiger partial charge in [0, 0.05) is 17.7 Å². The van der Waals surface area contributed by atoms with Gasteiger partial charge in [-0.1, -0.05) is 36.4 Å². The largest absolute Gasteiger partial charge is 0.345 e. The molecule has 1 amide bonds. The number of nitro groups is 1. The van der Waals surface area contributed by atoms with Crippen LogP contribution in [0.25, 0.3) is 0 Å². The molecule has 5 nitrogen and oxygen atoms in total. The summed E-state index contributed by atoms with van der Waals surface area (Å²) in [7, 11) is 0. The number of hydrogen-bond acceptors (Lipinski definition) is 3. The third-order valence-electron chi connectivity index (χ3n) is 3.25. The van der Waals surface area contributed by atoms with Crippen LogP contribution in [0.4, 0.5) is 5.69 Å². The van der Waals surface area contributed by atoms with Crippen molar-refractivity contribution in [2.45, 2.75) is 12.5 Å². The lowest BCUT2D eigenvalue weighted by Gasteiger charge is -2.17. The quantitative estimate of drug-likeness (QED) is 0.502. The summed E-state index contributed by atoms with van der Waals surface area (Å²) >= 11 is 0. The van der Waals surface area contributed by atoms with Gasteiger partial charge in [0.1, 0.15) is 0 Å². The van der Waals surface area contributed by atoms with Crippen molar-refractivity contribution in [3.63, 3.8) is 0 Å². The molecule has 5 heteroatoms.